The molecule has 2 unspecified atom stereocenters. The summed E-state index contributed by atoms with van der Waals surface area (Å²) in [6, 6.07) is 0.468. The van der Waals surface area contributed by atoms with Gasteiger partial charge in [0, 0.05) is 24.5 Å². The van der Waals surface area contributed by atoms with Crippen molar-refractivity contribution in [2.45, 2.75) is 69.9 Å². The Balaban J connectivity index is 2.19. The normalized spacial score (nSPS) is 38.3. The third kappa shape index (κ3) is 2.45. The van der Waals surface area contributed by atoms with Gasteiger partial charge in [0.1, 0.15) is 0 Å². The van der Waals surface area contributed by atoms with Crippen molar-refractivity contribution in [3.05, 3.63) is 0 Å². The average molecular weight is 254 g/mol. The van der Waals surface area contributed by atoms with E-state index in [1.807, 2.05) is 0 Å². The van der Waals surface area contributed by atoms with E-state index in [-0.39, 0.29) is 5.41 Å². The van der Waals surface area contributed by atoms with Crippen molar-refractivity contribution in [3.63, 3.8) is 0 Å². The topological polar surface area (TPSA) is 49.5 Å². The van der Waals surface area contributed by atoms with Gasteiger partial charge in [-0.05, 0) is 39.7 Å². The van der Waals surface area contributed by atoms with E-state index in [9.17, 15) is 5.11 Å². The quantitative estimate of drug-likeness (QED) is 0.742. The smallest absolute Gasteiger partial charge is 0.0742 e. The van der Waals surface area contributed by atoms with Gasteiger partial charge in [-0.2, -0.15) is 0 Å². The van der Waals surface area contributed by atoms with Crippen molar-refractivity contribution in [2.24, 2.45) is 11.1 Å². The number of hydrogen-bond donors (Lipinski definition) is 2. The molecule has 1 saturated carbocycles. The van der Waals surface area contributed by atoms with Crippen LogP contribution in [0.1, 0.15) is 58.3 Å². The Morgan fingerprint density at radius 3 is 2.28 bits per heavy atom. The summed E-state index contributed by atoms with van der Waals surface area (Å²) in [7, 11) is 2.16. The van der Waals surface area contributed by atoms with E-state index >= 15 is 0 Å². The number of nitrogens with zero attached hydrogens (tertiary/aromatic N) is 1. The standard InChI is InChI=1S/C15H30N2O/c1-13-11-15(18,9-10-17(13)2)14(12-16)7-5-3-4-6-8-14/h13,18H,3-12,16H2,1-2H3. The molecule has 3 nitrogen and oxygen atoms in total. The number of hydrogen-bond acceptors (Lipinski definition) is 3. The molecule has 3 N–H and O–H groups in total. The van der Waals surface area contributed by atoms with Crippen LogP contribution < -0.4 is 5.73 Å². The van der Waals surface area contributed by atoms with Crippen molar-refractivity contribution >= 4 is 0 Å². The highest BCUT2D eigenvalue weighted by molar-refractivity contribution is 5.04. The van der Waals surface area contributed by atoms with Crippen LogP contribution in [0.15, 0.2) is 0 Å². The first-order valence-electron chi connectivity index (χ1n) is 7.66. The van der Waals surface area contributed by atoms with Crippen LogP contribution in [0, 0.1) is 5.41 Å². The molecule has 2 aliphatic rings. The molecule has 0 spiro atoms. The van der Waals surface area contributed by atoms with Crippen molar-refractivity contribution in [3.8, 4) is 0 Å². The highest BCUT2D eigenvalue weighted by Crippen LogP contribution is 2.48. The molecule has 1 heterocycles. The molecule has 3 heteroatoms. The zero-order valence-electron chi connectivity index (χ0n) is 12.1. The molecule has 2 atom stereocenters. The zero-order chi connectivity index (χ0) is 13.2. The maximum atomic E-state index is 11.3. The second-order valence-corrected chi connectivity index (χ2v) is 6.71. The van der Waals surface area contributed by atoms with E-state index in [0.717, 1.165) is 32.2 Å². The van der Waals surface area contributed by atoms with Crippen molar-refractivity contribution in [1.29, 1.82) is 0 Å². The minimum Gasteiger partial charge on any atom is -0.389 e. The monoisotopic (exact) mass is 254 g/mol. The second kappa shape index (κ2) is 5.48. The Morgan fingerprint density at radius 2 is 1.78 bits per heavy atom. The van der Waals surface area contributed by atoms with Gasteiger partial charge in [0.05, 0.1) is 5.60 Å². The Kier molecular flexibility index (Phi) is 4.35. The summed E-state index contributed by atoms with van der Waals surface area (Å²) >= 11 is 0. The lowest BCUT2D eigenvalue weighted by molar-refractivity contribution is -0.133. The van der Waals surface area contributed by atoms with Gasteiger partial charge in [-0.1, -0.05) is 25.7 Å². The fraction of sp³-hybridized carbons (Fsp3) is 1.00. The average Bonchev–Trinajstić information content (AvgIpc) is 2.61. The maximum absolute atomic E-state index is 11.3. The van der Waals surface area contributed by atoms with Gasteiger partial charge >= 0.3 is 0 Å². The molecule has 0 aromatic carbocycles. The molecular formula is C15H30N2O. The largest absolute Gasteiger partial charge is 0.389 e. The molecular weight excluding hydrogens is 224 g/mol. The van der Waals surface area contributed by atoms with Crippen molar-refractivity contribution in [1.82, 2.24) is 4.90 Å². The Morgan fingerprint density at radius 1 is 1.17 bits per heavy atom. The van der Waals surface area contributed by atoms with Gasteiger partial charge in [-0.25, -0.2) is 0 Å². The summed E-state index contributed by atoms with van der Waals surface area (Å²) in [5.74, 6) is 0. The van der Waals surface area contributed by atoms with E-state index in [1.165, 1.54) is 25.7 Å². The zero-order valence-corrected chi connectivity index (χ0v) is 12.1. The first-order chi connectivity index (χ1) is 8.53. The number of nitrogens with two attached hydrogens (primary N) is 1. The fourth-order valence-corrected chi connectivity index (χ4v) is 4.07. The highest BCUT2D eigenvalue weighted by Gasteiger charge is 2.51. The summed E-state index contributed by atoms with van der Waals surface area (Å²) in [6.07, 6.45) is 9.13. The van der Waals surface area contributed by atoms with Crippen LogP contribution in [0.5, 0.6) is 0 Å². The molecule has 1 aliphatic heterocycles. The van der Waals surface area contributed by atoms with E-state index in [4.69, 9.17) is 5.73 Å². The second-order valence-electron chi connectivity index (χ2n) is 6.71. The van der Waals surface area contributed by atoms with Crippen LogP contribution in [-0.2, 0) is 0 Å². The lowest BCUT2D eigenvalue weighted by Crippen LogP contribution is -2.59. The molecule has 2 rings (SSSR count). The number of aliphatic hydroxyl groups is 1. The minimum atomic E-state index is -0.530. The van der Waals surface area contributed by atoms with E-state index in [2.05, 4.69) is 18.9 Å². The van der Waals surface area contributed by atoms with Crippen LogP contribution in [0.25, 0.3) is 0 Å². The molecule has 18 heavy (non-hydrogen) atoms. The SMILES string of the molecule is CC1CC(O)(C2(CN)CCCCCC2)CCN1C. The van der Waals surface area contributed by atoms with E-state index < -0.39 is 5.60 Å². The van der Waals surface area contributed by atoms with Crippen molar-refractivity contribution < 1.29 is 5.11 Å². The Hall–Kier alpha value is -0.120. The number of likely N-dealkylation sites (tertiary alicyclic amines) is 1. The molecule has 1 saturated heterocycles. The number of rotatable bonds is 2. The molecule has 0 bridgehead atoms. The lowest BCUT2D eigenvalue weighted by atomic mass is 9.62. The van der Waals surface area contributed by atoms with E-state index in [0.29, 0.717) is 12.6 Å². The summed E-state index contributed by atoms with van der Waals surface area (Å²) in [5.41, 5.74) is 5.59. The van der Waals surface area contributed by atoms with E-state index in [1.54, 1.807) is 0 Å². The third-order valence-corrected chi connectivity index (χ3v) is 5.70. The van der Waals surface area contributed by atoms with Crippen molar-refractivity contribution in [2.75, 3.05) is 20.1 Å². The fourth-order valence-electron chi connectivity index (χ4n) is 4.07. The molecule has 0 aromatic rings. The minimum absolute atomic E-state index is 0.0149. The van der Waals surface area contributed by atoms with Gasteiger partial charge in [0.25, 0.3) is 0 Å². The summed E-state index contributed by atoms with van der Waals surface area (Å²) in [6.45, 7) is 3.88. The highest BCUT2D eigenvalue weighted by atomic mass is 16.3. The summed E-state index contributed by atoms with van der Waals surface area (Å²) in [4.78, 5) is 2.36. The lowest BCUT2D eigenvalue weighted by Gasteiger charge is -2.52. The first kappa shape index (κ1) is 14.3. The first-order valence-corrected chi connectivity index (χ1v) is 7.66. The van der Waals surface area contributed by atoms with Crippen LogP contribution in [-0.4, -0.2) is 41.8 Å². The molecule has 106 valence electrons. The molecule has 0 radical (unpaired) electrons. The third-order valence-electron chi connectivity index (χ3n) is 5.70. The maximum Gasteiger partial charge on any atom is 0.0742 e. The predicted molar refractivity (Wildman–Crippen MR) is 75.5 cm³/mol. The van der Waals surface area contributed by atoms with Gasteiger partial charge in [0.15, 0.2) is 0 Å². The van der Waals surface area contributed by atoms with Gasteiger partial charge in [-0.3, -0.25) is 0 Å². The summed E-state index contributed by atoms with van der Waals surface area (Å²) < 4.78 is 0. The molecule has 0 amide bonds. The molecule has 0 aromatic heterocycles. The van der Waals surface area contributed by atoms with Gasteiger partial charge in [0.2, 0.25) is 0 Å². The van der Waals surface area contributed by atoms with Crippen LogP contribution >= 0.6 is 0 Å². The van der Waals surface area contributed by atoms with Gasteiger partial charge < -0.3 is 15.7 Å². The molecule has 1 aliphatic carbocycles. The number of piperidine rings is 1. The van der Waals surface area contributed by atoms with Gasteiger partial charge in [-0.15, -0.1) is 0 Å². The van der Waals surface area contributed by atoms with Crippen LogP contribution in [0.4, 0.5) is 0 Å². The van der Waals surface area contributed by atoms with Crippen LogP contribution in [0.2, 0.25) is 0 Å². The summed E-state index contributed by atoms with van der Waals surface area (Å²) in [5, 5.41) is 11.3. The predicted octanol–water partition coefficient (Wildman–Crippen LogP) is 2.13. The Bertz CT molecular complexity index is 274. The molecule has 2 fully saturated rings. The Labute approximate surface area is 112 Å². The van der Waals surface area contributed by atoms with Crippen LogP contribution in [0.3, 0.4) is 0 Å².